The topological polar surface area (TPSA) is 0 Å². The molecule has 0 saturated heterocycles. The van der Waals surface area contributed by atoms with Crippen LogP contribution in [0.15, 0.2) is 0 Å². The van der Waals surface area contributed by atoms with Crippen LogP contribution in [0.3, 0.4) is 0 Å². The maximum atomic E-state index is 4.29. The molecule has 0 N–H and O–H groups in total. The summed E-state index contributed by atoms with van der Waals surface area (Å²) in [4.78, 5) is 4.75. The van der Waals surface area contributed by atoms with E-state index in [0.29, 0.717) is 0 Å². The van der Waals surface area contributed by atoms with Crippen LogP contribution in [0.4, 0.5) is 0 Å². The molecule has 0 aliphatic rings. The molecule has 0 saturated carbocycles. The summed E-state index contributed by atoms with van der Waals surface area (Å²) in [5.41, 5.74) is 0. The first kappa shape index (κ1) is 7.15. The van der Waals surface area contributed by atoms with Crippen LogP contribution in [-0.4, -0.2) is 23.0 Å². The second-order valence-corrected chi connectivity index (χ2v) is 14.4. The molecule has 6 heavy (non-hydrogen) atoms. The average molecular weight is 211 g/mol. The van der Waals surface area contributed by atoms with Crippen LogP contribution in [0.5, 0.6) is 0 Å². The third-order valence-electron chi connectivity index (χ3n) is 0.965. The number of hydrogen-bond acceptors (Lipinski definition) is 1. The van der Waals surface area contributed by atoms with Crippen LogP contribution >= 0.6 is 12.6 Å². The van der Waals surface area contributed by atoms with Gasteiger partial charge in [0.25, 0.3) is 0 Å². The fourth-order valence-corrected chi connectivity index (χ4v) is 0. The second kappa shape index (κ2) is 3.19. The van der Waals surface area contributed by atoms with Crippen LogP contribution in [-0.2, 0) is 0 Å². The zero-order valence-corrected chi connectivity index (χ0v) is 8.79. The molecule has 0 radical (unpaired) electrons. The van der Waals surface area contributed by atoms with Gasteiger partial charge in [-0.1, -0.05) is 0 Å². The summed E-state index contributed by atoms with van der Waals surface area (Å²) in [6.07, 6.45) is 0. The third kappa shape index (κ3) is 3.34. The Morgan fingerprint density at radius 2 is 1.67 bits per heavy atom. The predicted octanol–water partition coefficient (Wildman–Crippen LogP) is 1.33. The first-order valence-corrected chi connectivity index (χ1v) is 11.3. The molecule has 1 unspecified atom stereocenters. The summed E-state index contributed by atoms with van der Waals surface area (Å²) in [6, 6.07) is 0. The van der Waals surface area contributed by atoms with Crippen LogP contribution < -0.4 is 0 Å². The summed E-state index contributed by atoms with van der Waals surface area (Å²) in [5, 5.41) is 0. The molecule has 0 rings (SSSR count). The number of rotatable bonds is 1. The van der Waals surface area contributed by atoms with Gasteiger partial charge >= 0.3 is 52.5 Å². The first-order valence-electron chi connectivity index (χ1n) is 2.32. The Kier molecular flexibility index (Phi) is 3.80. The predicted molar refractivity (Wildman–Crippen MR) is 37.3 cm³/mol. The van der Waals surface area contributed by atoms with E-state index in [0.717, 1.165) is 3.27 Å². The van der Waals surface area contributed by atoms with Gasteiger partial charge in [-0.3, -0.25) is 0 Å². The molecule has 0 aliphatic heterocycles. The van der Waals surface area contributed by atoms with Crippen molar-refractivity contribution >= 4 is 32.4 Å². The Labute approximate surface area is 52.5 Å². The minimum atomic E-state index is -0.941. The Morgan fingerprint density at radius 1 is 1.50 bits per heavy atom. The SMILES string of the molecule is C[CH](S)[SnH]([CH3])[CH3]. The van der Waals surface area contributed by atoms with E-state index in [9.17, 15) is 0 Å². The molecule has 0 bridgehead atoms. The van der Waals surface area contributed by atoms with Gasteiger partial charge in [0.05, 0.1) is 0 Å². The Balaban J connectivity index is 2.99. The van der Waals surface area contributed by atoms with Crippen LogP contribution in [0, 0.1) is 0 Å². The van der Waals surface area contributed by atoms with Crippen molar-refractivity contribution in [3.05, 3.63) is 0 Å². The van der Waals surface area contributed by atoms with Crippen LogP contribution in [0.1, 0.15) is 6.92 Å². The van der Waals surface area contributed by atoms with Crippen LogP contribution in [0.2, 0.25) is 9.88 Å². The van der Waals surface area contributed by atoms with Gasteiger partial charge in [0, 0.05) is 0 Å². The van der Waals surface area contributed by atoms with E-state index in [-0.39, 0.29) is 0 Å². The molecule has 0 fully saturated rings. The molecule has 0 spiro atoms. The molecular formula is C4H12SSn. The summed E-state index contributed by atoms with van der Waals surface area (Å²) in [5.74, 6) is 0. The summed E-state index contributed by atoms with van der Waals surface area (Å²) < 4.78 is 0.756. The summed E-state index contributed by atoms with van der Waals surface area (Å²) >= 11 is 3.35. The van der Waals surface area contributed by atoms with E-state index in [1.54, 1.807) is 0 Å². The fraction of sp³-hybridized carbons (Fsp3) is 1.00. The van der Waals surface area contributed by atoms with Gasteiger partial charge < -0.3 is 0 Å². The average Bonchev–Trinajstić information content (AvgIpc) is 1.36. The number of thiol groups is 1. The maximum absolute atomic E-state index is 4.29. The molecule has 0 aromatic carbocycles. The van der Waals surface area contributed by atoms with Crippen molar-refractivity contribution in [3.63, 3.8) is 0 Å². The number of hydrogen-bond donors (Lipinski definition) is 1. The van der Waals surface area contributed by atoms with E-state index in [1.807, 2.05) is 0 Å². The molecule has 0 aliphatic carbocycles. The van der Waals surface area contributed by atoms with Crippen molar-refractivity contribution in [2.75, 3.05) is 0 Å². The first-order chi connectivity index (χ1) is 2.64. The zero-order valence-electron chi connectivity index (χ0n) is 4.60. The van der Waals surface area contributed by atoms with Gasteiger partial charge in [-0.15, -0.1) is 0 Å². The van der Waals surface area contributed by atoms with E-state index < -0.39 is 19.8 Å². The Bertz CT molecular complexity index is 28.5. The third-order valence-corrected chi connectivity index (χ3v) is 10.5. The Morgan fingerprint density at radius 3 is 1.67 bits per heavy atom. The summed E-state index contributed by atoms with van der Waals surface area (Å²) in [6.45, 7) is 2.20. The molecule has 0 aromatic rings. The molecule has 2 heteroatoms. The molecule has 0 amide bonds. The summed E-state index contributed by atoms with van der Waals surface area (Å²) in [7, 11) is 0. The molecule has 0 nitrogen and oxygen atoms in total. The quantitative estimate of drug-likeness (QED) is 0.490. The molecule has 38 valence electrons. The van der Waals surface area contributed by atoms with E-state index in [2.05, 4.69) is 29.4 Å². The van der Waals surface area contributed by atoms with E-state index in [4.69, 9.17) is 0 Å². The zero-order chi connectivity index (χ0) is 5.15. The second-order valence-electron chi connectivity index (χ2n) is 1.98. The van der Waals surface area contributed by atoms with Crippen molar-refractivity contribution in [1.82, 2.24) is 0 Å². The van der Waals surface area contributed by atoms with Crippen LogP contribution in [0.25, 0.3) is 0 Å². The monoisotopic (exact) mass is 212 g/mol. The molecule has 0 heterocycles. The fourth-order valence-electron chi connectivity index (χ4n) is 0. The van der Waals surface area contributed by atoms with Crippen molar-refractivity contribution in [3.8, 4) is 0 Å². The van der Waals surface area contributed by atoms with E-state index >= 15 is 0 Å². The van der Waals surface area contributed by atoms with Gasteiger partial charge in [0.2, 0.25) is 0 Å². The molecular weight excluding hydrogens is 199 g/mol. The van der Waals surface area contributed by atoms with Gasteiger partial charge in [-0.05, 0) is 0 Å². The van der Waals surface area contributed by atoms with Gasteiger partial charge in [-0.25, -0.2) is 0 Å². The van der Waals surface area contributed by atoms with Crippen molar-refractivity contribution in [1.29, 1.82) is 0 Å². The molecule has 0 aromatic heterocycles. The van der Waals surface area contributed by atoms with Gasteiger partial charge in [-0.2, -0.15) is 0 Å². The van der Waals surface area contributed by atoms with Gasteiger partial charge in [0.1, 0.15) is 0 Å². The standard InChI is InChI=1S/C2H5S.2CH3.Sn.H/c1-2-3;;;;/h2-3H,1H3;2*1H3;;. The van der Waals surface area contributed by atoms with Crippen molar-refractivity contribution < 1.29 is 0 Å². The molecule has 1 atom stereocenters. The normalized spacial score (nSPS) is 15.5. The van der Waals surface area contributed by atoms with Crippen molar-refractivity contribution in [2.45, 2.75) is 20.1 Å². The van der Waals surface area contributed by atoms with E-state index in [1.165, 1.54) is 0 Å². The van der Waals surface area contributed by atoms with Crippen molar-refractivity contribution in [2.24, 2.45) is 0 Å². The van der Waals surface area contributed by atoms with Gasteiger partial charge in [0.15, 0.2) is 0 Å². The Hall–Kier alpha value is 1.15. The minimum absolute atomic E-state index is 0.756.